The quantitative estimate of drug-likeness (QED) is 0.656. The van der Waals surface area contributed by atoms with E-state index in [1.807, 2.05) is 45.0 Å². The SMILES string of the molecule is C/C(=N\N=C1\NC(=O)[C@@H](C)S1)c1ccc(C)cc1. The number of thioether (sulfide) groups is 1. The number of carbonyl (C=O) groups excluding carboxylic acids is 1. The van der Waals surface area contributed by atoms with E-state index in [0.29, 0.717) is 5.17 Å². The molecule has 1 atom stereocenters. The Morgan fingerprint density at radius 2 is 2.00 bits per heavy atom. The number of rotatable bonds is 2. The first-order chi connectivity index (χ1) is 8.56. The molecule has 0 saturated carbocycles. The number of aryl methyl sites for hydroxylation is 1. The maximum absolute atomic E-state index is 11.3. The lowest BCUT2D eigenvalue weighted by atomic mass is 10.1. The number of amidine groups is 1. The van der Waals surface area contributed by atoms with Crippen molar-refractivity contribution in [2.24, 2.45) is 10.2 Å². The lowest BCUT2D eigenvalue weighted by Crippen LogP contribution is -2.23. The summed E-state index contributed by atoms with van der Waals surface area (Å²) < 4.78 is 0. The monoisotopic (exact) mass is 261 g/mol. The number of benzene rings is 1. The molecular formula is C13H15N3OS. The highest BCUT2D eigenvalue weighted by Gasteiger charge is 2.25. The van der Waals surface area contributed by atoms with Crippen LogP contribution in [0.4, 0.5) is 0 Å². The number of hydrogen-bond donors (Lipinski definition) is 1. The van der Waals surface area contributed by atoms with E-state index >= 15 is 0 Å². The first-order valence-electron chi connectivity index (χ1n) is 5.73. The zero-order chi connectivity index (χ0) is 13.1. The summed E-state index contributed by atoms with van der Waals surface area (Å²) in [5, 5.41) is 11.4. The van der Waals surface area contributed by atoms with Gasteiger partial charge in [0, 0.05) is 0 Å². The summed E-state index contributed by atoms with van der Waals surface area (Å²) in [4.78, 5) is 11.3. The molecule has 18 heavy (non-hydrogen) atoms. The largest absolute Gasteiger partial charge is 0.303 e. The van der Waals surface area contributed by atoms with Crippen LogP contribution in [0, 0.1) is 6.92 Å². The van der Waals surface area contributed by atoms with E-state index < -0.39 is 0 Å². The van der Waals surface area contributed by atoms with Crippen molar-refractivity contribution >= 4 is 28.5 Å². The summed E-state index contributed by atoms with van der Waals surface area (Å²) in [6.45, 7) is 5.79. The van der Waals surface area contributed by atoms with Gasteiger partial charge < -0.3 is 5.32 Å². The van der Waals surface area contributed by atoms with Gasteiger partial charge in [-0.25, -0.2) is 0 Å². The molecule has 0 spiro atoms. The maximum atomic E-state index is 11.3. The van der Waals surface area contributed by atoms with Crippen molar-refractivity contribution in [1.82, 2.24) is 5.32 Å². The van der Waals surface area contributed by atoms with E-state index in [1.54, 1.807) is 0 Å². The Labute approximate surface area is 111 Å². The van der Waals surface area contributed by atoms with E-state index in [-0.39, 0.29) is 11.2 Å². The first-order valence-corrected chi connectivity index (χ1v) is 6.61. The van der Waals surface area contributed by atoms with Gasteiger partial charge in [-0.3, -0.25) is 4.79 Å². The van der Waals surface area contributed by atoms with Crippen LogP contribution in [-0.4, -0.2) is 22.0 Å². The Kier molecular flexibility index (Phi) is 3.81. The second-order valence-corrected chi connectivity index (χ2v) is 5.54. The predicted molar refractivity (Wildman–Crippen MR) is 76.0 cm³/mol. The van der Waals surface area contributed by atoms with E-state index in [9.17, 15) is 4.79 Å². The van der Waals surface area contributed by atoms with Crippen LogP contribution in [-0.2, 0) is 4.79 Å². The van der Waals surface area contributed by atoms with Crippen LogP contribution in [0.1, 0.15) is 25.0 Å². The molecule has 5 heteroatoms. The van der Waals surface area contributed by atoms with Crippen LogP contribution in [0.25, 0.3) is 0 Å². The predicted octanol–water partition coefficient (Wildman–Crippen LogP) is 2.33. The number of hydrogen-bond acceptors (Lipinski definition) is 4. The standard InChI is InChI=1S/C13H15N3OS/c1-8-4-6-11(7-5-8)9(2)15-16-13-14-12(17)10(3)18-13/h4-7,10H,1-3H3,(H,14,16,17)/b15-9+/t10-/m1/s1. The zero-order valence-electron chi connectivity index (χ0n) is 10.6. The molecule has 0 aliphatic carbocycles. The smallest absolute Gasteiger partial charge is 0.239 e. The molecule has 1 amide bonds. The summed E-state index contributed by atoms with van der Waals surface area (Å²) in [6, 6.07) is 8.10. The number of nitrogens with one attached hydrogen (secondary N) is 1. The fourth-order valence-electron chi connectivity index (χ4n) is 1.48. The molecule has 1 heterocycles. The molecule has 1 fully saturated rings. The highest BCUT2D eigenvalue weighted by Crippen LogP contribution is 2.18. The number of nitrogens with zero attached hydrogens (tertiary/aromatic N) is 2. The number of carbonyl (C=O) groups is 1. The molecule has 0 bridgehead atoms. The first kappa shape index (κ1) is 12.8. The summed E-state index contributed by atoms with van der Waals surface area (Å²) in [6.07, 6.45) is 0. The number of amides is 1. The fraction of sp³-hybridized carbons (Fsp3) is 0.308. The molecule has 1 aliphatic heterocycles. The average Bonchev–Trinajstić information content (AvgIpc) is 2.67. The second kappa shape index (κ2) is 5.35. The second-order valence-electron chi connectivity index (χ2n) is 4.21. The molecule has 0 aromatic heterocycles. The minimum atomic E-state index is -0.0846. The Morgan fingerprint density at radius 3 is 2.56 bits per heavy atom. The van der Waals surface area contributed by atoms with Crippen LogP contribution < -0.4 is 5.32 Å². The molecule has 1 aliphatic rings. The Bertz CT molecular complexity index is 520. The van der Waals surface area contributed by atoms with Gasteiger partial charge >= 0.3 is 0 Å². The summed E-state index contributed by atoms with van der Waals surface area (Å²) in [7, 11) is 0. The molecule has 1 aromatic rings. The molecule has 94 valence electrons. The van der Waals surface area contributed by atoms with Crippen molar-refractivity contribution in [2.75, 3.05) is 0 Å². The van der Waals surface area contributed by atoms with Crippen LogP contribution in [0.2, 0.25) is 0 Å². The van der Waals surface area contributed by atoms with Gasteiger partial charge in [-0.15, -0.1) is 5.10 Å². The third-order valence-electron chi connectivity index (χ3n) is 2.65. The highest BCUT2D eigenvalue weighted by atomic mass is 32.2. The third kappa shape index (κ3) is 2.98. The van der Waals surface area contributed by atoms with E-state index in [4.69, 9.17) is 0 Å². The van der Waals surface area contributed by atoms with Crippen LogP contribution in [0.15, 0.2) is 34.5 Å². The van der Waals surface area contributed by atoms with Crippen LogP contribution in [0.3, 0.4) is 0 Å². The lowest BCUT2D eigenvalue weighted by molar-refractivity contribution is -0.118. The minimum absolute atomic E-state index is 0.0121. The molecule has 2 rings (SSSR count). The van der Waals surface area contributed by atoms with Gasteiger partial charge in [0.15, 0.2) is 5.17 Å². The summed E-state index contributed by atoms with van der Waals surface area (Å²) in [5.41, 5.74) is 3.08. The van der Waals surface area contributed by atoms with Gasteiger partial charge in [0.2, 0.25) is 5.91 Å². The van der Waals surface area contributed by atoms with Gasteiger partial charge in [-0.2, -0.15) is 5.10 Å². The van der Waals surface area contributed by atoms with Crippen LogP contribution >= 0.6 is 11.8 Å². The zero-order valence-corrected chi connectivity index (χ0v) is 11.4. The topological polar surface area (TPSA) is 53.8 Å². The average molecular weight is 261 g/mol. The molecule has 1 saturated heterocycles. The van der Waals surface area contributed by atoms with Crippen molar-refractivity contribution < 1.29 is 4.79 Å². The van der Waals surface area contributed by atoms with Gasteiger partial charge in [0.25, 0.3) is 0 Å². The van der Waals surface area contributed by atoms with Crippen molar-refractivity contribution in [3.63, 3.8) is 0 Å². The molecule has 1 N–H and O–H groups in total. The molecule has 4 nitrogen and oxygen atoms in total. The van der Waals surface area contributed by atoms with Gasteiger partial charge in [-0.1, -0.05) is 41.6 Å². The van der Waals surface area contributed by atoms with Crippen molar-refractivity contribution in [1.29, 1.82) is 0 Å². The summed E-state index contributed by atoms with van der Waals surface area (Å²) >= 11 is 1.40. The normalized spacial score (nSPS) is 22.4. The third-order valence-corrected chi connectivity index (χ3v) is 3.62. The van der Waals surface area contributed by atoms with Crippen molar-refractivity contribution in [3.8, 4) is 0 Å². The Morgan fingerprint density at radius 1 is 1.33 bits per heavy atom. The van der Waals surface area contributed by atoms with Crippen LogP contribution in [0.5, 0.6) is 0 Å². The Balaban J connectivity index is 2.12. The van der Waals surface area contributed by atoms with E-state index in [0.717, 1.165) is 11.3 Å². The van der Waals surface area contributed by atoms with Gasteiger partial charge in [0.1, 0.15) is 0 Å². The maximum Gasteiger partial charge on any atom is 0.239 e. The van der Waals surface area contributed by atoms with Gasteiger partial charge in [-0.05, 0) is 26.3 Å². The van der Waals surface area contributed by atoms with Crippen molar-refractivity contribution in [3.05, 3.63) is 35.4 Å². The summed E-state index contributed by atoms with van der Waals surface area (Å²) in [5.74, 6) is -0.0121. The molecule has 1 aromatic carbocycles. The molecule has 0 unspecified atom stereocenters. The fourth-order valence-corrected chi connectivity index (χ4v) is 2.23. The van der Waals surface area contributed by atoms with Gasteiger partial charge in [0.05, 0.1) is 11.0 Å². The van der Waals surface area contributed by atoms with E-state index in [1.165, 1.54) is 17.3 Å². The molecular weight excluding hydrogens is 246 g/mol. The van der Waals surface area contributed by atoms with E-state index in [2.05, 4.69) is 15.5 Å². The van der Waals surface area contributed by atoms with Crippen molar-refractivity contribution in [2.45, 2.75) is 26.0 Å². The lowest BCUT2D eigenvalue weighted by Gasteiger charge is -1.99. The minimum Gasteiger partial charge on any atom is -0.303 e. The Hall–Kier alpha value is -1.62. The molecule has 0 radical (unpaired) electrons. The highest BCUT2D eigenvalue weighted by molar-refractivity contribution is 8.15.